The number of rotatable bonds is 3. The molecule has 0 radical (unpaired) electrons. The first-order valence-corrected chi connectivity index (χ1v) is 7.23. The van der Waals surface area contributed by atoms with E-state index in [1.54, 1.807) is 7.11 Å². The predicted molar refractivity (Wildman–Crippen MR) is 81.4 cm³/mol. The number of aliphatic imine (C=N–C) groups is 1. The van der Waals surface area contributed by atoms with E-state index in [0.29, 0.717) is 6.04 Å². The van der Waals surface area contributed by atoms with Crippen LogP contribution in [0.5, 0.6) is 5.75 Å². The second-order valence-electron chi connectivity index (χ2n) is 5.39. The zero-order chi connectivity index (χ0) is 13.9. The summed E-state index contributed by atoms with van der Waals surface area (Å²) >= 11 is 0. The van der Waals surface area contributed by atoms with E-state index in [9.17, 15) is 0 Å². The molecule has 0 bridgehead atoms. The molecule has 1 heterocycles. The molecule has 3 rings (SSSR count). The Hall–Kier alpha value is -1.91. The smallest absolute Gasteiger partial charge is 0.191 e. The zero-order valence-electron chi connectivity index (χ0n) is 12.0. The Bertz CT molecular complexity index is 490. The van der Waals surface area contributed by atoms with Crippen molar-refractivity contribution in [3.05, 3.63) is 24.3 Å². The van der Waals surface area contributed by atoms with Gasteiger partial charge in [0.05, 0.1) is 13.2 Å². The third-order valence-corrected chi connectivity index (χ3v) is 3.88. The lowest BCUT2D eigenvalue weighted by Crippen LogP contribution is -2.51. The Labute approximate surface area is 120 Å². The van der Waals surface area contributed by atoms with Crippen molar-refractivity contribution in [2.24, 2.45) is 10.7 Å². The molecule has 1 aromatic rings. The molecule has 0 unspecified atom stereocenters. The molecule has 1 saturated heterocycles. The zero-order valence-corrected chi connectivity index (χ0v) is 12.0. The van der Waals surface area contributed by atoms with Gasteiger partial charge in [0.25, 0.3) is 0 Å². The van der Waals surface area contributed by atoms with E-state index >= 15 is 0 Å². The maximum atomic E-state index is 6.06. The molecule has 1 aliphatic carbocycles. The molecule has 1 aliphatic heterocycles. The number of methoxy groups -OCH3 is 1. The van der Waals surface area contributed by atoms with Gasteiger partial charge in [-0.3, -0.25) is 0 Å². The molecule has 0 spiro atoms. The van der Waals surface area contributed by atoms with Crippen molar-refractivity contribution in [2.75, 3.05) is 38.2 Å². The second kappa shape index (κ2) is 5.61. The lowest BCUT2D eigenvalue weighted by molar-refractivity contribution is 0.380. The number of nitrogens with two attached hydrogens (primary N) is 1. The van der Waals surface area contributed by atoms with Gasteiger partial charge in [0.15, 0.2) is 5.96 Å². The van der Waals surface area contributed by atoms with Gasteiger partial charge in [-0.1, -0.05) is 6.07 Å². The van der Waals surface area contributed by atoms with Crippen LogP contribution in [0, 0.1) is 0 Å². The molecule has 20 heavy (non-hydrogen) atoms. The van der Waals surface area contributed by atoms with Crippen molar-refractivity contribution in [3.8, 4) is 5.75 Å². The van der Waals surface area contributed by atoms with Crippen LogP contribution in [-0.4, -0.2) is 50.2 Å². The summed E-state index contributed by atoms with van der Waals surface area (Å²) in [6.45, 7) is 3.79. The van der Waals surface area contributed by atoms with Gasteiger partial charge < -0.3 is 20.3 Å². The van der Waals surface area contributed by atoms with Gasteiger partial charge in [-0.25, -0.2) is 4.99 Å². The number of ether oxygens (including phenoxy) is 1. The SMILES string of the molecule is COc1cccc(N2CCN(C(N)=NC3CC3)CC2)c1. The van der Waals surface area contributed by atoms with Gasteiger partial charge in [-0.2, -0.15) is 0 Å². The lowest BCUT2D eigenvalue weighted by atomic mass is 10.2. The molecule has 1 aromatic carbocycles. The van der Waals surface area contributed by atoms with Crippen molar-refractivity contribution in [2.45, 2.75) is 18.9 Å². The third-order valence-electron chi connectivity index (χ3n) is 3.88. The summed E-state index contributed by atoms with van der Waals surface area (Å²) in [6, 6.07) is 8.70. The summed E-state index contributed by atoms with van der Waals surface area (Å²) in [5.74, 6) is 1.62. The van der Waals surface area contributed by atoms with E-state index < -0.39 is 0 Å². The first kappa shape index (κ1) is 13.1. The van der Waals surface area contributed by atoms with Crippen molar-refractivity contribution >= 4 is 11.6 Å². The topological polar surface area (TPSA) is 54.1 Å². The summed E-state index contributed by atoms with van der Waals surface area (Å²) in [7, 11) is 1.70. The Morgan fingerprint density at radius 1 is 1.25 bits per heavy atom. The highest BCUT2D eigenvalue weighted by Crippen LogP contribution is 2.24. The van der Waals surface area contributed by atoms with Gasteiger partial charge in [0.1, 0.15) is 5.75 Å². The largest absolute Gasteiger partial charge is 0.497 e. The van der Waals surface area contributed by atoms with Crippen molar-refractivity contribution in [1.29, 1.82) is 0 Å². The van der Waals surface area contributed by atoms with Gasteiger partial charge in [-0.05, 0) is 25.0 Å². The number of nitrogens with zero attached hydrogens (tertiary/aromatic N) is 3. The molecule has 108 valence electrons. The Kier molecular flexibility index (Phi) is 3.67. The lowest BCUT2D eigenvalue weighted by Gasteiger charge is -2.36. The van der Waals surface area contributed by atoms with Crippen molar-refractivity contribution < 1.29 is 4.74 Å². The summed E-state index contributed by atoms with van der Waals surface area (Å²) < 4.78 is 5.28. The fraction of sp³-hybridized carbons (Fsp3) is 0.533. The van der Waals surface area contributed by atoms with Gasteiger partial charge in [0, 0.05) is 37.9 Å². The van der Waals surface area contributed by atoms with E-state index in [2.05, 4.69) is 26.9 Å². The predicted octanol–water partition coefficient (Wildman–Crippen LogP) is 1.29. The van der Waals surface area contributed by atoms with E-state index in [1.807, 2.05) is 12.1 Å². The van der Waals surface area contributed by atoms with Crippen LogP contribution in [0.4, 0.5) is 5.69 Å². The third kappa shape index (κ3) is 2.98. The summed E-state index contributed by atoms with van der Waals surface area (Å²) in [6.07, 6.45) is 2.40. The maximum absolute atomic E-state index is 6.06. The molecule has 5 heteroatoms. The van der Waals surface area contributed by atoms with Crippen molar-refractivity contribution in [1.82, 2.24) is 4.90 Å². The summed E-state index contributed by atoms with van der Waals surface area (Å²) in [4.78, 5) is 9.07. The van der Waals surface area contributed by atoms with E-state index in [-0.39, 0.29) is 0 Å². The van der Waals surface area contributed by atoms with Crippen LogP contribution in [0.15, 0.2) is 29.3 Å². The van der Waals surface area contributed by atoms with E-state index in [0.717, 1.165) is 37.9 Å². The molecule has 0 aromatic heterocycles. The van der Waals surface area contributed by atoms with E-state index in [4.69, 9.17) is 10.5 Å². The summed E-state index contributed by atoms with van der Waals surface area (Å²) in [5, 5.41) is 0. The number of hydrogen-bond acceptors (Lipinski definition) is 3. The Morgan fingerprint density at radius 3 is 2.65 bits per heavy atom. The Morgan fingerprint density at radius 2 is 2.00 bits per heavy atom. The molecule has 0 atom stereocenters. The molecule has 2 aliphatic rings. The molecular formula is C15H22N4O. The molecule has 5 nitrogen and oxygen atoms in total. The first-order valence-electron chi connectivity index (χ1n) is 7.23. The van der Waals surface area contributed by atoms with Gasteiger partial charge in [0.2, 0.25) is 0 Å². The molecule has 0 amide bonds. The number of guanidine groups is 1. The van der Waals surface area contributed by atoms with Gasteiger partial charge >= 0.3 is 0 Å². The minimum atomic E-state index is 0.492. The van der Waals surface area contributed by atoms with Crippen molar-refractivity contribution in [3.63, 3.8) is 0 Å². The first-order chi connectivity index (χ1) is 9.76. The normalized spacial score (nSPS) is 20.1. The number of anilines is 1. The van der Waals surface area contributed by atoms with Crippen LogP contribution in [0.1, 0.15) is 12.8 Å². The van der Waals surface area contributed by atoms with Crippen LogP contribution in [-0.2, 0) is 0 Å². The average molecular weight is 274 g/mol. The second-order valence-corrected chi connectivity index (χ2v) is 5.39. The highest BCUT2D eigenvalue weighted by atomic mass is 16.5. The number of piperazine rings is 1. The fourth-order valence-corrected chi connectivity index (χ4v) is 2.47. The highest BCUT2D eigenvalue weighted by molar-refractivity contribution is 5.78. The standard InChI is InChI=1S/C15H22N4O/c1-20-14-4-2-3-13(11-14)18-7-9-19(10-8-18)15(16)17-12-5-6-12/h2-4,11-12H,5-10H2,1H3,(H2,16,17). The monoisotopic (exact) mass is 274 g/mol. The van der Waals surface area contributed by atoms with Crippen LogP contribution in [0.3, 0.4) is 0 Å². The molecule has 2 fully saturated rings. The molecular weight excluding hydrogens is 252 g/mol. The van der Waals surface area contributed by atoms with Gasteiger partial charge in [-0.15, -0.1) is 0 Å². The van der Waals surface area contributed by atoms with Crippen LogP contribution >= 0.6 is 0 Å². The van der Waals surface area contributed by atoms with Crippen LogP contribution in [0.25, 0.3) is 0 Å². The minimum absolute atomic E-state index is 0.492. The minimum Gasteiger partial charge on any atom is -0.497 e. The van der Waals surface area contributed by atoms with Crippen LogP contribution in [0.2, 0.25) is 0 Å². The fourth-order valence-electron chi connectivity index (χ4n) is 2.47. The maximum Gasteiger partial charge on any atom is 0.191 e. The van der Waals surface area contributed by atoms with Crippen LogP contribution < -0.4 is 15.4 Å². The molecule has 2 N–H and O–H groups in total. The quantitative estimate of drug-likeness (QED) is 0.666. The highest BCUT2D eigenvalue weighted by Gasteiger charge is 2.24. The average Bonchev–Trinajstić information content (AvgIpc) is 3.31. The van der Waals surface area contributed by atoms with E-state index in [1.165, 1.54) is 18.5 Å². The molecule has 1 saturated carbocycles. The summed E-state index contributed by atoms with van der Waals surface area (Å²) in [5.41, 5.74) is 7.27. The number of benzene rings is 1. The Balaban J connectivity index is 1.60. The number of hydrogen-bond donors (Lipinski definition) is 1.